The molecule has 0 aliphatic carbocycles. The molecule has 0 saturated carbocycles. The molecule has 7 heteroatoms. The first-order valence-electron chi connectivity index (χ1n) is 10.6. The molecule has 1 N–H and O–H groups in total. The van der Waals surface area contributed by atoms with Crippen molar-refractivity contribution in [2.75, 3.05) is 45.2 Å². The molecule has 31 heavy (non-hydrogen) atoms. The second-order valence-corrected chi connectivity index (χ2v) is 9.19. The number of hydrogen-bond donors (Lipinski definition) is 1. The van der Waals surface area contributed by atoms with Gasteiger partial charge >= 0.3 is 0 Å². The molecular weight excluding hydrogens is 411 g/mol. The van der Waals surface area contributed by atoms with E-state index in [1.807, 2.05) is 5.38 Å². The average molecular weight is 441 g/mol. The molecule has 1 aliphatic rings. The quantitative estimate of drug-likeness (QED) is 0.606. The second-order valence-electron chi connectivity index (χ2n) is 8.27. The van der Waals surface area contributed by atoms with Crippen molar-refractivity contribution in [1.82, 2.24) is 14.8 Å². The van der Waals surface area contributed by atoms with E-state index < -0.39 is 6.10 Å². The highest BCUT2D eigenvalue weighted by atomic mass is 32.1. The summed E-state index contributed by atoms with van der Waals surface area (Å²) in [6.07, 6.45) is 0.748. The van der Waals surface area contributed by atoms with Gasteiger partial charge in [-0.15, -0.1) is 11.3 Å². The minimum atomic E-state index is -0.913. The lowest BCUT2D eigenvalue weighted by Gasteiger charge is -2.37. The number of para-hydroxylation sites is 1. The monoisotopic (exact) mass is 440 g/mol. The summed E-state index contributed by atoms with van der Waals surface area (Å²) in [6.45, 7) is 4.97. The van der Waals surface area contributed by atoms with Gasteiger partial charge in [-0.25, -0.2) is 9.37 Å². The molecule has 3 aromatic rings. The van der Waals surface area contributed by atoms with E-state index in [2.05, 4.69) is 58.0 Å². The normalized spacial score (nSPS) is 16.1. The summed E-state index contributed by atoms with van der Waals surface area (Å²) in [5.41, 5.74) is 3.68. The van der Waals surface area contributed by atoms with E-state index in [1.165, 1.54) is 28.5 Å². The van der Waals surface area contributed by atoms with Gasteiger partial charge in [-0.1, -0.05) is 36.4 Å². The summed E-state index contributed by atoms with van der Waals surface area (Å²) in [6, 6.07) is 13.7. The Morgan fingerprint density at radius 2 is 1.77 bits per heavy atom. The van der Waals surface area contributed by atoms with Gasteiger partial charge in [0.2, 0.25) is 0 Å². The van der Waals surface area contributed by atoms with Gasteiger partial charge in [0.25, 0.3) is 0 Å². The van der Waals surface area contributed by atoms with E-state index in [-0.39, 0.29) is 5.82 Å². The van der Waals surface area contributed by atoms with Crippen LogP contribution in [0.4, 0.5) is 10.1 Å². The van der Waals surface area contributed by atoms with Crippen LogP contribution in [0.15, 0.2) is 54.0 Å². The van der Waals surface area contributed by atoms with Crippen molar-refractivity contribution >= 4 is 17.0 Å². The number of thiazole rings is 1. The zero-order chi connectivity index (χ0) is 21.8. The molecule has 1 aromatic heterocycles. The molecule has 1 unspecified atom stereocenters. The third kappa shape index (κ3) is 5.30. The lowest BCUT2D eigenvalue weighted by molar-refractivity contribution is 0.218. The molecule has 2 heterocycles. The number of aliphatic hydroxyl groups is 1. The van der Waals surface area contributed by atoms with Gasteiger partial charge in [0, 0.05) is 56.4 Å². The van der Waals surface area contributed by atoms with Crippen LogP contribution in [0.1, 0.15) is 27.8 Å². The Kier molecular flexibility index (Phi) is 6.97. The minimum Gasteiger partial charge on any atom is -0.381 e. The van der Waals surface area contributed by atoms with Crippen LogP contribution in [0.5, 0.6) is 0 Å². The smallest absolute Gasteiger partial charge is 0.146 e. The summed E-state index contributed by atoms with van der Waals surface area (Å²) in [4.78, 5) is 10.8. The molecule has 2 aromatic carbocycles. The third-order valence-corrected chi connectivity index (χ3v) is 6.44. The fraction of sp³-hybridized carbons (Fsp3) is 0.375. The molecule has 1 fully saturated rings. The van der Waals surface area contributed by atoms with E-state index in [9.17, 15) is 9.50 Å². The Balaban J connectivity index is 1.41. The highest BCUT2D eigenvalue weighted by molar-refractivity contribution is 7.09. The summed E-state index contributed by atoms with van der Waals surface area (Å²) < 4.78 is 14.8. The summed E-state index contributed by atoms with van der Waals surface area (Å²) >= 11 is 1.38. The first-order chi connectivity index (χ1) is 15.0. The molecule has 1 aliphatic heterocycles. The Morgan fingerprint density at radius 1 is 1.06 bits per heavy atom. The summed E-state index contributed by atoms with van der Waals surface area (Å²) in [7, 11) is 4.15. The van der Waals surface area contributed by atoms with Crippen LogP contribution in [0.3, 0.4) is 0 Å². The lowest BCUT2D eigenvalue weighted by atomic mass is 10.0. The van der Waals surface area contributed by atoms with Gasteiger partial charge in [0.15, 0.2) is 0 Å². The Bertz CT molecular complexity index is 970. The van der Waals surface area contributed by atoms with Crippen molar-refractivity contribution in [3.05, 3.63) is 81.6 Å². The fourth-order valence-electron chi connectivity index (χ4n) is 4.09. The number of piperazine rings is 1. The average Bonchev–Trinajstić information content (AvgIpc) is 3.30. The van der Waals surface area contributed by atoms with Gasteiger partial charge in [0.05, 0.1) is 5.69 Å². The molecule has 4 rings (SSSR count). The second kappa shape index (κ2) is 9.87. The van der Waals surface area contributed by atoms with Crippen molar-refractivity contribution in [3.8, 4) is 0 Å². The van der Waals surface area contributed by atoms with Crippen LogP contribution < -0.4 is 4.90 Å². The number of aromatic nitrogens is 1. The zero-order valence-electron chi connectivity index (χ0n) is 18.0. The van der Waals surface area contributed by atoms with Gasteiger partial charge in [-0.3, -0.25) is 4.90 Å². The molecule has 164 valence electrons. The number of halogens is 1. The number of benzene rings is 2. The molecular formula is C24H29FN4OS. The van der Waals surface area contributed by atoms with Gasteiger partial charge in [-0.2, -0.15) is 0 Å². The lowest BCUT2D eigenvalue weighted by Crippen LogP contribution is -2.46. The standard InChI is InChI=1S/C24H29FN4OS/c1-27(2)16-18-6-8-19(9-7-18)17-28-11-13-29(14-12-28)22-20(4-3-5-21(22)25)23(30)24-26-10-15-31-24/h3-10,15,23,30H,11-14,16-17H2,1-2H3. The van der Waals surface area contributed by atoms with E-state index in [4.69, 9.17) is 0 Å². The van der Waals surface area contributed by atoms with Crippen LogP contribution in [0, 0.1) is 5.82 Å². The first-order valence-corrected chi connectivity index (χ1v) is 11.4. The van der Waals surface area contributed by atoms with E-state index in [1.54, 1.807) is 18.3 Å². The Morgan fingerprint density at radius 3 is 2.42 bits per heavy atom. The van der Waals surface area contributed by atoms with Gasteiger partial charge < -0.3 is 14.9 Å². The molecule has 1 saturated heterocycles. The van der Waals surface area contributed by atoms with Crippen LogP contribution in [-0.4, -0.2) is 60.2 Å². The van der Waals surface area contributed by atoms with Crippen LogP contribution in [0.2, 0.25) is 0 Å². The summed E-state index contributed by atoms with van der Waals surface area (Å²) in [5, 5.41) is 13.2. The predicted molar refractivity (Wildman–Crippen MR) is 124 cm³/mol. The SMILES string of the molecule is CN(C)Cc1ccc(CN2CCN(c3c(F)cccc3C(O)c3nccs3)CC2)cc1. The van der Waals surface area contributed by atoms with Crippen molar-refractivity contribution in [2.24, 2.45) is 0 Å². The van der Waals surface area contributed by atoms with Gasteiger partial charge in [0.1, 0.15) is 16.9 Å². The fourth-order valence-corrected chi connectivity index (χ4v) is 4.73. The Hall–Kier alpha value is -2.32. The largest absolute Gasteiger partial charge is 0.381 e. The topological polar surface area (TPSA) is 42.8 Å². The minimum absolute atomic E-state index is 0.293. The number of nitrogens with zero attached hydrogens (tertiary/aromatic N) is 4. The molecule has 0 amide bonds. The zero-order valence-corrected chi connectivity index (χ0v) is 18.9. The highest BCUT2D eigenvalue weighted by Crippen LogP contribution is 2.34. The molecule has 0 bridgehead atoms. The summed E-state index contributed by atoms with van der Waals surface area (Å²) in [5.74, 6) is -0.293. The maximum atomic E-state index is 14.8. The number of hydrogen-bond acceptors (Lipinski definition) is 6. The number of aliphatic hydroxyl groups excluding tert-OH is 1. The van der Waals surface area contributed by atoms with Crippen molar-refractivity contribution in [1.29, 1.82) is 0 Å². The molecule has 5 nitrogen and oxygen atoms in total. The maximum Gasteiger partial charge on any atom is 0.146 e. The molecule has 0 radical (unpaired) electrons. The van der Waals surface area contributed by atoms with E-state index in [0.717, 1.165) is 39.3 Å². The van der Waals surface area contributed by atoms with E-state index >= 15 is 0 Å². The number of anilines is 1. The highest BCUT2D eigenvalue weighted by Gasteiger charge is 2.26. The van der Waals surface area contributed by atoms with E-state index in [0.29, 0.717) is 16.3 Å². The molecule has 1 atom stereocenters. The van der Waals surface area contributed by atoms with Crippen molar-refractivity contribution in [2.45, 2.75) is 19.2 Å². The van der Waals surface area contributed by atoms with Crippen LogP contribution >= 0.6 is 11.3 Å². The van der Waals surface area contributed by atoms with Crippen LogP contribution in [0.25, 0.3) is 0 Å². The predicted octanol–water partition coefficient (Wildman–Crippen LogP) is 3.75. The number of rotatable bonds is 7. The first kappa shape index (κ1) is 21.9. The third-order valence-electron chi connectivity index (χ3n) is 5.61. The van der Waals surface area contributed by atoms with Gasteiger partial charge in [-0.05, 0) is 31.3 Å². The van der Waals surface area contributed by atoms with Crippen molar-refractivity contribution in [3.63, 3.8) is 0 Å². The van der Waals surface area contributed by atoms with Crippen LogP contribution in [-0.2, 0) is 13.1 Å². The maximum absolute atomic E-state index is 14.8. The van der Waals surface area contributed by atoms with Crippen molar-refractivity contribution < 1.29 is 9.50 Å². The Labute approximate surface area is 187 Å². The molecule has 0 spiro atoms.